The number of nitrogens with one attached hydrogen (secondary N) is 1. The highest BCUT2D eigenvalue weighted by atomic mass is 35.5. The first kappa shape index (κ1) is 18.2. The van der Waals surface area contributed by atoms with Crippen molar-refractivity contribution in [3.8, 4) is 0 Å². The van der Waals surface area contributed by atoms with Crippen molar-refractivity contribution in [3.63, 3.8) is 0 Å². The van der Waals surface area contributed by atoms with Crippen molar-refractivity contribution in [2.45, 2.75) is 18.9 Å². The molecule has 1 aliphatic rings. The zero-order valence-corrected chi connectivity index (χ0v) is 14.3. The van der Waals surface area contributed by atoms with Gasteiger partial charge in [-0.3, -0.25) is 9.59 Å². The molecule has 0 fully saturated rings. The van der Waals surface area contributed by atoms with Crippen LogP contribution in [0.2, 0.25) is 0 Å². The van der Waals surface area contributed by atoms with Crippen LogP contribution in [-0.4, -0.2) is 10.8 Å². The summed E-state index contributed by atoms with van der Waals surface area (Å²) in [5, 5.41) is 0.631. The molecule has 0 saturated carbocycles. The first-order valence-corrected chi connectivity index (χ1v) is 7.90. The molecule has 4 nitrogen and oxygen atoms in total. The van der Waals surface area contributed by atoms with Crippen molar-refractivity contribution in [1.82, 2.24) is 4.98 Å². The van der Waals surface area contributed by atoms with Crippen molar-refractivity contribution in [2.75, 3.05) is 0 Å². The zero-order valence-electron chi connectivity index (χ0n) is 13.5. The Balaban J connectivity index is 0.00000196. The van der Waals surface area contributed by atoms with Crippen LogP contribution in [0.25, 0.3) is 10.8 Å². The fourth-order valence-electron chi connectivity index (χ4n) is 3.51. The highest BCUT2D eigenvalue weighted by Gasteiger charge is 2.30. The van der Waals surface area contributed by atoms with Crippen LogP contribution in [0.3, 0.4) is 0 Å². The summed E-state index contributed by atoms with van der Waals surface area (Å²) in [4.78, 5) is 27.3. The number of halogens is 3. The van der Waals surface area contributed by atoms with E-state index in [1.807, 2.05) is 0 Å². The number of pyridine rings is 1. The number of benzene rings is 2. The second kappa shape index (κ2) is 6.63. The van der Waals surface area contributed by atoms with Gasteiger partial charge < -0.3 is 10.7 Å². The van der Waals surface area contributed by atoms with E-state index in [0.29, 0.717) is 23.8 Å². The molecule has 1 heterocycles. The van der Waals surface area contributed by atoms with Gasteiger partial charge in [-0.25, -0.2) is 8.78 Å². The van der Waals surface area contributed by atoms with E-state index in [4.69, 9.17) is 5.73 Å². The number of aryl methyl sites for hydroxylation is 1. The molecule has 4 rings (SSSR count). The molecule has 1 aliphatic carbocycles. The third-order valence-electron chi connectivity index (χ3n) is 4.72. The third kappa shape index (κ3) is 2.62. The number of fused-ring (bicyclic) bond motifs is 2. The Morgan fingerprint density at radius 1 is 1.19 bits per heavy atom. The lowest BCUT2D eigenvalue weighted by atomic mass is 9.94. The molecule has 0 saturated heterocycles. The summed E-state index contributed by atoms with van der Waals surface area (Å²) in [6, 6.07) is 6.71. The SMILES string of the molecule is Cl.NC1CCc2cc(F)c(C(=O)c3cccc4c(=O)[nH]ccc34)c(F)c21. The molecule has 1 aromatic heterocycles. The second-order valence-electron chi connectivity index (χ2n) is 6.17. The highest BCUT2D eigenvalue weighted by Crippen LogP contribution is 2.35. The maximum Gasteiger partial charge on any atom is 0.255 e. The van der Waals surface area contributed by atoms with Crippen LogP contribution in [-0.2, 0) is 6.42 Å². The molecular formula is C19H15ClF2N2O2. The standard InChI is InChI=1S/C19H14F2N2O2.ClH/c20-13-8-9-4-5-14(22)15(9)17(21)16(13)18(24)11-2-1-3-12-10(11)6-7-23-19(12)25;/h1-3,6-8,14H,4-5,22H2,(H,23,25);1H. The average Bonchev–Trinajstić information content (AvgIpc) is 2.95. The van der Waals surface area contributed by atoms with E-state index in [-0.39, 0.29) is 34.5 Å². The summed E-state index contributed by atoms with van der Waals surface area (Å²) < 4.78 is 29.4. The largest absolute Gasteiger partial charge is 0.329 e. The highest BCUT2D eigenvalue weighted by molar-refractivity contribution is 6.16. The van der Waals surface area contributed by atoms with E-state index < -0.39 is 29.0 Å². The monoisotopic (exact) mass is 376 g/mol. The van der Waals surface area contributed by atoms with Gasteiger partial charge in [0.25, 0.3) is 5.56 Å². The lowest BCUT2D eigenvalue weighted by molar-refractivity contribution is 0.103. The number of carbonyl (C=O) groups excluding carboxylic acids is 1. The number of nitrogens with two attached hydrogens (primary N) is 1. The molecular weight excluding hydrogens is 362 g/mol. The van der Waals surface area contributed by atoms with E-state index in [1.165, 1.54) is 24.4 Å². The molecule has 0 amide bonds. The molecule has 3 aromatic rings. The van der Waals surface area contributed by atoms with Crippen LogP contribution in [0, 0.1) is 11.6 Å². The maximum atomic E-state index is 14.9. The van der Waals surface area contributed by atoms with Gasteiger partial charge in [-0.2, -0.15) is 0 Å². The molecule has 0 aliphatic heterocycles. The van der Waals surface area contributed by atoms with Gasteiger partial charge in [-0.15, -0.1) is 12.4 Å². The molecule has 3 N–H and O–H groups in total. The van der Waals surface area contributed by atoms with E-state index >= 15 is 0 Å². The Morgan fingerprint density at radius 2 is 1.96 bits per heavy atom. The maximum absolute atomic E-state index is 14.9. The first-order valence-electron chi connectivity index (χ1n) is 7.90. The normalized spacial score (nSPS) is 15.6. The predicted molar refractivity (Wildman–Crippen MR) is 96.9 cm³/mol. The van der Waals surface area contributed by atoms with Crippen LogP contribution in [0.1, 0.15) is 39.5 Å². The third-order valence-corrected chi connectivity index (χ3v) is 4.72. The van der Waals surface area contributed by atoms with Crippen LogP contribution in [0.4, 0.5) is 8.78 Å². The van der Waals surface area contributed by atoms with Crippen molar-refractivity contribution in [1.29, 1.82) is 0 Å². The minimum atomic E-state index is -0.905. The van der Waals surface area contributed by atoms with E-state index in [2.05, 4.69) is 4.98 Å². The zero-order chi connectivity index (χ0) is 17.7. The fourth-order valence-corrected chi connectivity index (χ4v) is 3.51. The minimum Gasteiger partial charge on any atom is -0.329 e. The summed E-state index contributed by atoms with van der Waals surface area (Å²) in [6.07, 6.45) is 2.40. The smallest absolute Gasteiger partial charge is 0.255 e. The van der Waals surface area contributed by atoms with E-state index in [1.54, 1.807) is 12.1 Å². The average molecular weight is 377 g/mol. The molecule has 0 bridgehead atoms. The number of ketones is 1. The molecule has 134 valence electrons. The minimum absolute atomic E-state index is 0. The quantitative estimate of drug-likeness (QED) is 0.673. The molecule has 2 aromatic carbocycles. The predicted octanol–water partition coefficient (Wildman–Crippen LogP) is 3.41. The topological polar surface area (TPSA) is 76.0 Å². The lowest BCUT2D eigenvalue weighted by Crippen LogP contribution is -2.15. The summed E-state index contributed by atoms with van der Waals surface area (Å²) >= 11 is 0. The van der Waals surface area contributed by atoms with Crippen molar-refractivity contribution >= 4 is 29.0 Å². The van der Waals surface area contributed by atoms with Crippen molar-refractivity contribution in [3.05, 3.63) is 80.8 Å². The van der Waals surface area contributed by atoms with E-state index in [0.717, 1.165) is 0 Å². The Bertz CT molecular complexity index is 1090. The Morgan fingerprint density at radius 3 is 2.73 bits per heavy atom. The number of hydrogen-bond donors (Lipinski definition) is 2. The number of H-pyrrole nitrogens is 1. The lowest BCUT2D eigenvalue weighted by Gasteiger charge is -2.12. The number of aromatic nitrogens is 1. The number of carbonyl (C=O) groups is 1. The van der Waals surface area contributed by atoms with Gasteiger partial charge in [0.1, 0.15) is 11.6 Å². The van der Waals surface area contributed by atoms with Crippen LogP contribution < -0.4 is 11.3 Å². The van der Waals surface area contributed by atoms with Gasteiger partial charge in [0, 0.05) is 28.8 Å². The Kier molecular flexibility index (Phi) is 4.64. The molecule has 26 heavy (non-hydrogen) atoms. The first-order chi connectivity index (χ1) is 12.0. The second-order valence-corrected chi connectivity index (χ2v) is 6.17. The fraction of sp³-hybridized carbons (Fsp3) is 0.158. The Hall–Kier alpha value is -2.57. The van der Waals surface area contributed by atoms with Crippen LogP contribution >= 0.6 is 12.4 Å². The molecule has 0 radical (unpaired) electrons. The van der Waals surface area contributed by atoms with E-state index in [9.17, 15) is 18.4 Å². The summed E-state index contributed by atoms with van der Waals surface area (Å²) in [5.74, 6) is -2.60. The van der Waals surface area contributed by atoms with Gasteiger partial charge in [0.15, 0.2) is 5.78 Å². The van der Waals surface area contributed by atoms with Crippen molar-refractivity contribution < 1.29 is 13.6 Å². The van der Waals surface area contributed by atoms with Crippen LogP contribution in [0.15, 0.2) is 41.3 Å². The number of rotatable bonds is 2. The van der Waals surface area contributed by atoms with Crippen molar-refractivity contribution in [2.24, 2.45) is 5.73 Å². The number of hydrogen-bond acceptors (Lipinski definition) is 3. The molecule has 0 spiro atoms. The molecule has 1 atom stereocenters. The van der Waals surface area contributed by atoms with Gasteiger partial charge in [-0.05, 0) is 42.0 Å². The number of aromatic amines is 1. The molecule has 7 heteroatoms. The van der Waals surface area contributed by atoms with Gasteiger partial charge in [0.05, 0.1) is 5.56 Å². The summed E-state index contributed by atoms with van der Waals surface area (Å²) in [6.45, 7) is 0. The summed E-state index contributed by atoms with van der Waals surface area (Å²) in [5.41, 5.74) is 5.70. The van der Waals surface area contributed by atoms with Crippen LogP contribution in [0.5, 0.6) is 0 Å². The molecule has 1 unspecified atom stereocenters. The van der Waals surface area contributed by atoms with Gasteiger partial charge in [0.2, 0.25) is 0 Å². The van der Waals surface area contributed by atoms with Gasteiger partial charge in [-0.1, -0.05) is 12.1 Å². The summed E-state index contributed by atoms with van der Waals surface area (Å²) in [7, 11) is 0. The van der Waals surface area contributed by atoms with Gasteiger partial charge >= 0.3 is 0 Å². The Labute approximate surface area is 153 Å².